The minimum Gasteiger partial charge on any atom is -0.361 e. The number of nitro groups is 1. The molecule has 20 heavy (non-hydrogen) atoms. The molecule has 1 aromatic heterocycles. The van der Waals surface area contributed by atoms with Crippen molar-refractivity contribution in [2.75, 3.05) is 11.9 Å². The lowest BCUT2D eigenvalue weighted by molar-refractivity contribution is -0.384. The fourth-order valence-corrected chi connectivity index (χ4v) is 3.02. The van der Waals surface area contributed by atoms with E-state index in [2.05, 4.69) is 10.4 Å². The third kappa shape index (κ3) is 2.77. The molecule has 1 aliphatic rings. The van der Waals surface area contributed by atoms with E-state index in [4.69, 9.17) is 5.73 Å². The highest BCUT2D eigenvalue weighted by Crippen LogP contribution is 2.32. The van der Waals surface area contributed by atoms with Gasteiger partial charge in [0.25, 0.3) is 0 Å². The van der Waals surface area contributed by atoms with Crippen LogP contribution in [0.25, 0.3) is 0 Å². The maximum Gasteiger partial charge on any atom is 0.333 e. The Morgan fingerprint density at radius 1 is 1.50 bits per heavy atom. The predicted molar refractivity (Wildman–Crippen MR) is 77.7 cm³/mol. The van der Waals surface area contributed by atoms with Crippen molar-refractivity contribution in [1.29, 1.82) is 0 Å². The van der Waals surface area contributed by atoms with Crippen LogP contribution in [-0.4, -0.2) is 27.3 Å². The van der Waals surface area contributed by atoms with Crippen LogP contribution in [0.5, 0.6) is 0 Å². The van der Waals surface area contributed by atoms with Gasteiger partial charge in [-0.2, -0.15) is 5.10 Å². The Bertz CT molecular complexity index is 485. The van der Waals surface area contributed by atoms with Gasteiger partial charge in [-0.15, -0.1) is 0 Å². The number of hydrogen-bond acceptors (Lipinski definition) is 5. The van der Waals surface area contributed by atoms with Gasteiger partial charge in [-0.25, -0.2) is 4.68 Å². The monoisotopic (exact) mass is 281 g/mol. The molecule has 1 aromatic rings. The van der Waals surface area contributed by atoms with E-state index >= 15 is 0 Å². The van der Waals surface area contributed by atoms with E-state index in [0.29, 0.717) is 30.4 Å². The van der Waals surface area contributed by atoms with Gasteiger partial charge in [0.05, 0.1) is 4.92 Å². The van der Waals surface area contributed by atoms with Crippen LogP contribution in [0.3, 0.4) is 0 Å². The minimum atomic E-state index is -0.339. The van der Waals surface area contributed by atoms with Gasteiger partial charge in [-0.05, 0) is 31.7 Å². The Morgan fingerprint density at radius 2 is 2.20 bits per heavy atom. The Balaban J connectivity index is 2.28. The molecule has 2 unspecified atom stereocenters. The first-order valence-electron chi connectivity index (χ1n) is 7.25. The maximum absolute atomic E-state index is 11.3. The lowest BCUT2D eigenvalue weighted by Gasteiger charge is -2.31. The van der Waals surface area contributed by atoms with Crippen molar-refractivity contribution < 1.29 is 4.92 Å². The summed E-state index contributed by atoms with van der Waals surface area (Å²) >= 11 is 0. The van der Waals surface area contributed by atoms with Gasteiger partial charge < -0.3 is 11.1 Å². The van der Waals surface area contributed by atoms with E-state index in [1.807, 2.05) is 6.92 Å². The highest BCUT2D eigenvalue weighted by atomic mass is 16.6. The molecule has 112 valence electrons. The van der Waals surface area contributed by atoms with Gasteiger partial charge in [-0.3, -0.25) is 10.1 Å². The Morgan fingerprint density at radius 3 is 2.80 bits per heavy atom. The van der Waals surface area contributed by atoms with Crippen LogP contribution in [0.4, 0.5) is 11.5 Å². The summed E-state index contributed by atoms with van der Waals surface area (Å²) in [6.07, 6.45) is 4.97. The molecule has 3 N–H and O–H groups in total. The van der Waals surface area contributed by atoms with Gasteiger partial charge in [0.15, 0.2) is 0 Å². The van der Waals surface area contributed by atoms with Gasteiger partial charge in [0.2, 0.25) is 5.82 Å². The molecule has 1 saturated carbocycles. The fourth-order valence-electron chi connectivity index (χ4n) is 3.02. The molecule has 0 aliphatic heterocycles. The smallest absolute Gasteiger partial charge is 0.333 e. The summed E-state index contributed by atoms with van der Waals surface area (Å²) in [6.45, 7) is 2.49. The number of rotatable bonds is 5. The molecule has 7 nitrogen and oxygen atoms in total. The summed E-state index contributed by atoms with van der Waals surface area (Å²) in [7, 11) is 1.74. The zero-order chi connectivity index (χ0) is 14.7. The van der Waals surface area contributed by atoms with Crippen LogP contribution in [0.2, 0.25) is 0 Å². The highest BCUT2D eigenvalue weighted by Gasteiger charge is 2.30. The number of anilines is 1. The first-order valence-corrected chi connectivity index (χ1v) is 7.25. The molecular formula is C13H23N5O2. The zero-order valence-corrected chi connectivity index (χ0v) is 12.1. The molecule has 0 bridgehead atoms. The highest BCUT2D eigenvalue weighted by molar-refractivity contribution is 5.60. The number of nitrogens with zero attached hydrogens (tertiary/aromatic N) is 3. The summed E-state index contributed by atoms with van der Waals surface area (Å²) in [6, 6.07) is 0.201. The van der Waals surface area contributed by atoms with Crippen molar-refractivity contribution in [2.45, 2.75) is 45.1 Å². The number of nitrogens with two attached hydrogens (primary N) is 1. The van der Waals surface area contributed by atoms with E-state index in [1.165, 1.54) is 6.42 Å². The molecule has 1 aliphatic carbocycles. The van der Waals surface area contributed by atoms with Crippen LogP contribution in [-0.2, 0) is 13.5 Å². The van der Waals surface area contributed by atoms with Gasteiger partial charge >= 0.3 is 5.69 Å². The SMILES string of the molecule is CCc1nn(C)c(NC2CCCCC2CN)c1[N+](=O)[O-]. The molecule has 0 saturated heterocycles. The number of aryl methyl sites for hydroxylation is 2. The molecule has 0 amide bonds. The third-order valence-electron chi connectivity index (χ3n) is 4.14. The van der Waals surface area contributed by atoms with Gasteiger partial charge in [-0.1, -0.05) is 19.8 Å². The van der Waals surface area contributed by atoms with Crippen molar-refractivity contribution in [3.8, 4) is 0 Å². The van der Waals surface area contributed by atoms with E-state index < -0.39 is 0 Å². The van der Waals surface area contributed by atoms with Crippen molar-refractivity contribution in [3.05, 3.63) is 15.8 Å². The Hall–Kier alpha value is -1.63. The van der Waals surface area contributed by atoms with Crippen LogP contribution in [0.1, 0.15) is 38.3 Å². The molecular weight excluding hydrogens is 258 g/mol. The second-order valence-corrected chi connectivity index (χ2v) is 5.41. The maximum atomic E-state index is 11.3. The van der Waals surface area contributed by atoms with E-state index in [1.54, 1.807) is 11.7 Å². The molecule has 0 aromatic carbocycles. The quantitative estimate of drug-likeness (QED) is 0.633. The number of aromatic nitrogens is 2. The van der Waals surface area contributed by atoms with Crippen LogP contribution in [0.15, 0.2) is 0 Å². The largest absolute Gasteiger partial charge is 0.361 e. The molecule has 2 atom stereocenters. The molecule has 2 rings (SSSR count). The van der Waals surface area contributed by atoms with E-state index in [-0.39, 0.29) is 16.7 Å². The summed E-state index contributed by atoms with van der Waals surface area (Å²) in [4.78, 5) is 11.0. The molecule has 0 radical (unpaired) electrons. The predicted octanol–water partition coefficient (Wildman–Crippen LogP) is 1.82. The van der Waals surface area contributed by atoms with E-state index in [0.717, 1.165) is 19.3 Å². The van der Waals surface area contributed by atoms with Crippen LogP contribution < -0.4 is 11.1 Å². The normalized spacial score (nSPS) is 22.8. The summed E-state index contributed by atoms with van der Waals surface area (Å²) in [5.74, 6) is 0.889. The van der Waals surface area contributed by atoms with Crippen molar-refractivity contribution in [2.24, 2.45) is 18.7 Å². The number of nitrogens with one attached hydrogen (secondary N) is 1. The number of hydrogen-bond donors (Lipinski definition) is 2. The average molecular weight is 281 g/mol. The standard InChI is InChI=1S/C13H23N5O2/c1-3-10-12(18(19)20)13(17(2)16-10)15-11-7-5-4-6-9(11)8-14/h9,11,15H,3-8,14H2,1-2H3. The fraction of sp³-hybridized carbons (Fsp3) is 0.769. The summed E-state index contributed by atoms with van der Waals surface area (Å²) < 4.78 is 1.58. The lowest BCUT2D eigenvalue weighted by Crippen LogP contribution is -2.37. The van der Waals surface area contributed by atoms with Crippen molar-refractivity contribution in [3.63, 3.8) is 0 Å². The minimum absolute atomic E-state index is 0.108. The third-order valence-corrected chi connectivity index (χ3v) is 4.14. The Labute approximate surface area is 118 Å². The molecule has 1 heterocycles. The molecule has 0 spiro atoms. The van der Waals surface area contributed by atoms with Crippen molar-refractivity contribution in [1.82, 2.24) is 9.78 Å². The summed E-state index contributed by atoms with van der Waals surface area (Å²) in [5, 5.41) is 18.9. The van der Waals surface area contributed by atoms with Crippen LogP contribution in [0, 0.1) is 16.0 Å². The average Bonchev–Trinajstić information content (AvgIpc) is 2.76. The first-order chi connectivity index (χ1) is 9.58. The topological polar surface area (TPSA) is 99.0 Å². The van der Waals surface area contributed by atoms with Crippen LogP contribution >= 0.6 is 0 Å². The second-order valence-electron chi connectivity index (χ2n) is 5.41. The van der Waals surface area contributed by atoms with E-state index in [9.17, 15) is 10.1 Å². The molecule has 1 fully saturated rings. The Kier molecular flexibility index (Phi) is 4.59. The molecule has 7 heteroatoms. The van der Waals surface area contributed by atoms with Crippen molar-refractivity contribution >= 4 is 11.5 Å². The summed E-state index contributed by atoms with van der Waals surface area (Å²) in [5.41, 5.74) is 6.45. The zero-order valence-electron chi connectivity index (χ0n) is 12.1. The first kappa shape index (κ1) is 14.8. The van der Waals surface area contributed by atoms with Gasteiger partial charge in [0, 0.05) is 13.1 Å². The van der Waals surface area contributed by atoms with Gasteiger partial charge in [0.1, 0.15) is 5.69 Å². The lowest BCUT2D eigenvalue weighted by atomic mass is 9.84. The second kappa shape index (κ2) is 6.21.